The van der Waals surface area contributed by atoms with Crippen molar-refractivity contribution < 1.29 is 19.2 Å². The molecule has 1 fully saturated rings. The van der Waals surface area contributed by atoms with Gasteiger partial charge in [0.1, 0.15) is 5.75 Å². The van der Waals surface area contributed by atoms with E-state index < -0.39 is 7.12 Å². The lowest BCUT2D eigenvalue weighted by atomic mass is 9.78. The quantitative estimate of drug-likeness (QED) is 0.433. The van der Waals surface area contributed by atoms with E-state index in [0.29, 0.717) is 29.9 Å². The topological polar surface area (TPSA) is 108 Å². The maximum atomic E-state index is 12.5. The summed E-state index contributed by atoms with van der Waals surface area (Å²) in [6.07, 6.45) is 0. The molecular weight excluding hydrogens is 283 g/mol. The second-order valence-electron chi connectivity index (χ2n) is 5.03. The van der Waals surface area contributed by atoms with E-state index in [-0.39, 0.29) is 22.8 Å². The van der Waals surface area contributed by atoms with E-state index in [0.717, 1.165) is 0 Å². The highest BCUT2D eigenvalue weighted by Crippen LogP contribution is 2.24. The van der Waals surface area contributed by atoms with E-state index in [4.69, 9.17) is 20.8 Å². The number of carbonyl (C=O) groups excluding carboxylic acids is 1. The first kappa shape index (κ1) is 14.4. The summed E-state index contributed by atoms with van der Waals surface area (Å²) in [7, 11) is -0.503. The Morgan fingerprint density at radius 2 is 1.73 bits per heavy atom. The summed E-state index contributed by atoms with van der Waals surface area (Å²) in [5.74, 6) is -0.507. The molecule has 0 aliphatic carbocycles. The van der Waals surface area contributed by atoms with Gasteiger partial charge >= 0.3 is 7.12 Å². The smallest absolute Gasteiger partial charge is 0.494 e. The monoisotopic (exact) mass is 298 g/mol. The molecule has 1 saturated heterocycles. The van der Waals surface area contributed by atoms with Crippen molar-refractivity contribution in [2.75, 3.05) is 24.7 Å². The van der Waals surface area contributed by atoms with Crippen LogP contribution in [-0.2, 0) is 9.31 Å². The Balaban J connectivity index is 1.92. The molecule has 0 unspecified atom stereocenters. The fourth-order valence-electron chi connectivity index (χ4n) is 2.37. The van der Waals surface area contributed by atoms with Crippen LogP contribution in [0.2, 0.25) is 0 Å². The van der Waals surface area contributed by atoms with Crippen LogP contribution in [0, 0.1) is 0 Å². The number of carbonyl (C=O) groups is 1. The van der Waals surface area contributed by atoms with E-state index in [9.17, 15) is 9.90 Å². The van der Waals surface area contributed by atoms with Gasteiger partial charge in [-0.15, -0.1) is 0 Å². The zero-order valence-electron chi connectivity index (χ0n) is 11.8. The van der Waals surface area contributed by atoms with Crippen molar-refractivity contribution in [2.24, 2.45) is 0 Å². The molecule has 22 heavy (non-hydrogen) atoms. The molecular formula is C15H15BN2O4. The van der Waals surface area contributed by atoms with Gasteiger partial charge in [-0.05, 0) is 35.8 Å². The van der Waals surface area contributed by atoms with Crippen LogP contribution in [0.1, 0.15) is 15.9 Å². The van der Waals surface area contributed by atoms with Gasteiger partial charge in [0, 0.05) is 16.9 Å². The Morgan fingerprint density at radius 1 is 1.05 bits per heavy atom. The minimum Gasteiger partial charge on any atom is -0.507 e. The largest absolute Gasteiger partial charge is 0.507 e. The van der Waals surface area contributed by atoms with Crippen molar-refractivity contribution in [2.45, 2.75) is 0 Å². The number of nitrogens with two attached hydrogens (primary N) is 2. The van der Waals surface area contributed by atoms with Gasteiger partial charge < -0.3 is 25.9 Å². The van der Waals surface area contributed by atoms with Crippen molar-refractivity contribution in [3.05, 3.63) is 47.5 Å². The molecule has 0 atom stereocenters. The van der Waals surface area contributed by atoms with Crippen LogP contribution in [0.5, 0.6) is 5.75 Å². The number of rotatable bonds is 3. The fraction of sp³-hybridized carbons (Fsp3) is 0.133. The SMILES string of the molecule is Nc1ccc(C(=O)c2ccc(B3OCCO3)cc2O)c(N)c1. The molecule has 0 bridgehead atoms. The minimum atomic E-state index is -0.503. The third kappa shape index (κ3) is 2.64. The number of anilines is 2. The summed E-state index contributed by atoms with van der Waals surface area (Å²) >= 11 is 0. The number of hydrogen-bond donors (Lipinski definition) is 3. The molecule has 0 radical (unpaired) electrons. The Hall–Kier alpha value is -2.51. The molecule has 0 spiro atoms. The highest BCUT2D eigenvalue weighted by Gasteiger charge is 2.27. The molecule has 0 saturated carbocycles. The van der Waals surface area contributed by atoms with Crippen molar-refractivity contribution in [1.29, 1.82) is 0 Å². The number of hydrogen-bond acceptors (Lipinski definition) is 6. The van der Waals surface area contributed by atoms with Crippen LogP contribution < -0.4 is 16.9 Å². The summed E-state index contributed by atoms with van der Waals surface area (Å²) in [6, 6.07) is 9.35. The maximum absolute atomic E-state index is 12.5. The number of phenols is 1. The summed E-state index contributed by atoms with van der Waals surface area (Å²) in [5, 5.41) is 10.1. The van der Waals surface area contributed by atoms with Gasteiger partial charge in [-0.25, -0.2) is 0 Å². The first-order valence-corrected chi connectivity index (χ1v) is 6.82. The Labute approximate surface area is 127 Å². The van der Waals surface area contributed by atoms with Crippen molar-refractivity contribution in [3.63, 3.8) is 0 Å². The number of phenolic OH excluding ortho intramolecular Hbond substituents is 1. The minimum absolute atomic E-state index is 0.141. The Kier molecular flexibility index (Phi) is 3.74. The van der Waals surface area contributed by atoms with E-state index in [1.165, 1.54) is 18.2 Å². The summed E-state index contributed by atoms with van der Waals surface area (Å²) < 4.78 is 10.7. The van der Waals surface area contributed by atoms with Gasteiger partial charge in [0.05, 0.1) is 18.8 Å². The predicted molar refractivity (Wildman–Crippen MR) is 84.1 cm³/mol. The lowest BCUT2D eigenvalue weighted by molar-refractivity contribution is 0.103. The average molecular weight is 298 g/mol. The molecule has 2 aromatic carbocycles. The molecule has 1 aliphatic heterocycles. The van der Waals surface area contributed by atoms with E-state index in [1.807, 2.05) is 0 Å². The molecule has 1 aliphatic rings. The van der Waals surface area contributed by atoms with Gasteiger partial charge in [0.2, 0.25) is 0 Å². The Bertz CT molecular complexity index is 729. The Morgan fingerprint density at radius 3 is 2.36 bits per heavy atom. The summed E-state index contributed by atoms with van der Waals surface area (Å²) in [6.45, 7) is 1.02. The number of nitrogen functional groups attached to an aromatic ring is 2. The zero-order chi connectivity index (χ0) is 15.7. The van der Waals surface area contributed by atoms with Crippen LogP contribution in [0.4, 0.5) is 11.4 Å². The van der Waals surface area contributed by atoms with Gasteiger partial charge in [0.15, 0.2) is 5.78 Å². The molecule has 6 nitrogen and oxygen atoms in total. The van der Waals surface area contributed by atoms with Crippen LogP contribution in [0.3, 0.4) is 0 Å². The third-order valence-corrected chi connectivity index (χ3v) is 3.48. The maximum Gasteiger partial charge on any atom is 0.494 e. The first-order chi connectivity index (χ1) is 10.6. The van der Waals surface area contributed by atoms with Gasteiger partial charge in [0.25, 0.3) is 0 Å². The molecule has 0 aromatic heterocycles. The fourth-order valence-corrected chi connectivity index (χ4v) is 2.37. The van der Waals surface area contributed by atoms with E-state index in [1.54, 1.807) is 18.2 Å². The standard InChI is InChI=1S/C15H15BN2O4/c17-10-2-4-11(13(18)8-10)15(20)12-3-1-9(7-14(12)19)16-21-5-6-22-16/h1-4,7-8,19H,5-6,17-18H2. The molecule has 0 amide bonds. The lowest BCUT2D eigenvalue weighted by Gasteiger charge is -2.10. The second kappa shape index (κ2) is 5.71. The molecule has 1 heterocycles. The normalized spacial score (nSPS) is 14.3. The van der Waals surface area contributed by atoms with Gasteiger partial charge in [-0.2, -0.15) is 0 Å². The number of ketones is 1. The molecule has 5 N–H and O–H groups in total. The van der Waals surface area contributed by atoms with E-state index >= 15 is 0 Å². The van der Waals surface area contributed by atoms with Gasteiger partial charge in [-0.3, -0.25) is 4.79 Å². The van der Waals surface area contributed by atoms with Crippen LogP contribution in [0.25, 0.3) is 0 Å². The van der Waals surface area contributed by atoms with Crippen LogP contribution >= 0.6 is 0 Å². The molecule has 2 aromatic rings. The second-order valence-corrected chi connectivity index (χ2v) is 5.03. The average Bonchev–Trinajstić information content (AvgIpc) is 3.00. The number of benzene rings is 2. The summed E-state index contributed by atoms with van der Waals surface area (Å²) in [4.78, 5) is 12.5. The molecule has 112 valence electrons. The summed E-state index contributed by atoms with van der Waals surface area (Å²) in [5.41, 5.74) is 13.3. The van der Waals surface area contributed by atoms with Crippen LogP contribution in [-0.4, -0.2) is 31.2 Å². The van der Waals surface area contributed by atoms with E-state index in [2.05, 4.69) is 0 Å². The lowest BCUT2D eigenvalue weighted by Crippen LogP contribution is -2.31. The van der Waals surface area contributed by atoms with Crippen molar-refractivity contribution >= 4 is 29.7 Å². The first-order valence-electron chi connectivity index (χ1n) is 6.82. The zero-order valence-corrected chi connectivity index (χ0v) is 11.8. The highest BCUT2D eigenvalue weighted by atomic mass is 16.6. The van der Waals surface area contributed by atoms with Crippen LogP contribution in [0.15, 0.2) is 36.4 Å². The molecule has 3 rings (SSSR count). The van der Waals surface area contributed by atoms with Crippen molar-refractivity contribution in [1.82, 2.24) is 0 Å². The third-order valence-electron chi connectivity index (χ3n) is 3.48. The highest BCUT2D eigenvalue weighted by molar-refractivity contribution is 6.61. The number of aromatic hydroxyl groups is 1. The van der Waals surface area contributed by atoms with Gasteiger partial charge in [-0.1, -0.05) is 6.07 Å². The van der Waals surface area contributed by atoms with Crippen molar-refractivity contribution in [3.8, 4) is 5.75 Å². The predicted octanol–water partition coefficient (Wildman–Crippen LogP) is 0.530. The molecule has 7 heteroatoms.